The second-order valence-electron chi connectivity index (χ2n) is 7.14. The normalized spacial score (nSPS) is 20.6. The molecule has 1 saturated heterocycles. The Hall–Kier alpha value is -2.79. The molecule has 4 rings (SSSR count). The summed E-state index contributed by atoms with van der Waals surface area (Å²) in [4.78, 5) is 25.8. The molecule has 5 nitrogen and oxygen atoms in total. The number of fused-ring (bicyclic) bond motifs is 2. The number of carbonyl (C=O) groups excluding carboxylic acids is 1. The monoisotopic (exact) mass is 397 g/mol. The molecule has 1 N–H and O–H groups in total. The first-order valence-electron chi connectivity index (χ1n) is 9.26. The predicted octanol–water partition coefficient (Wildman–Crippen LogP) is 5.00. The number of rotatable bonds is 4. The summed E-state index contributed by atoms with van der Waals surface area (Å²) in [5.41, 5.74) is 2.95. The van der Waals surface area contributed by atoms with Crippen molar-refractivity contribution in [2.45, 2.75) is 38.0 Å². The number of hydrogen-bond donors (Lipinski definition) is 1. The van der Waals surface area contributed by atoms with Crippen LogP contribution in [0.5, 0.6) is 0 Å². The molecular weight excluding hydrogens is 378 g/mol. The van der Waals surface area contributed by atoms with Crippen LogP contribution in [0.15, 0.2) is 54.6 Å². The van der Waals surface area contributed by atoms with E-state index >= 15 is 0 Å². The van der Waals surface area contributed by atoms with Gasteiger partial charge < -0.3 is 9.84 Å². The Kier molecular flexibility index (Phi) is 5.09. The van der Waals surface area contributed by atoms with Gasteiger partial charge in [0, 0.05) is 6.04 Å². The highest BCUT2D eigenvalue weighted by Gasteiger charge is 2.40. The van der Waals surface area contributed by atoms with E-state index in [1.165, 1.54) is 0 Å². The van der Waals surface area contributed by atoms with Crippen molar-refractivity contribution in [1.29, 1.82) is 0 Å². The fourth-order valence-electron chi connectivity index (χ4n) is 4.01. The van der Waals surface area contributed by atoms with E-state index < -0.39 is 5.97 Å². The van der Waals surface area contributed by atoms with Crippen molar-refractivity contribution in [1.82, 2.24) is 4.90 Å². The second-order valence-corrected chi connectivity index (χ2v) is 7.55. The Balaban J connectivity index is 1.50. The highest BCUT2D eigenvalue weighted by Crippen LogP contribution is 2.39. The quantitative estimate of drug-likeness (QED) is 0.788. The average molecular weight is 398 g/mol. The minimum absolute atomic E-state index is 0.0269. The number of carboxylic acid groups (broad SMARTS) is 1. The molecule has 2 aliphatic rings. The number of amides is 1. The molecule has 2 aromatic carbocycles. The van der Waals surface area contributed by atoms with E-state index in [9.17, 15) is 14.7 Å². The van der Waals surface area contributed by atoms with Crippen LogP contribution in [0, 0.1) is 0 Å². The number of carboxylic acids is 1. The average Bonchev–Trinajstić information content (AvgIpc) is 2.96. The lowest BCUT2D eigenvalue weighted by Gasteiger charge is -2.33. The van der Waals surface area contributed by atoms with E-state index in [1.54, 1.807) is 12.1 Å². The molecule has 0 aliphatic carbocycles. The molecule has 2 aliphatic heterocycles. The summed E-state index contributed by atoms with van der Waals surface area (Å²) in [5, 5.41) is 9.52. The van der Waals surface area contributed by atoms with Gasteiger partial charge >= 0.3 is 12.1 Å². The second kappa shape index (κ2) is 7.68. The fraction of sp³-hybridized carbons (Fsp3) is 0.273. The number of hydrogen-bond acceptors (Lipinski definition) is 3. The predicted molar refractivity (Wildman–Crippen MR) is 106 cm³/mol. The summed E-state index contributed by atoms with van der Waals surface area (Å²) in [7, 11) is 0. The van der Waals surface area contributed by atoms with E-state index in [0.717, 1.165) is 29.5 Å². The SMILES string of the molecule is O=C(O)c1cc(C2=CC3CCC(C2)N3C(=O)OCc2ccccc2)ccc1Cl. The molecule has 2 heterocycles. The van der Waals surface area contributed by atoms with Crippen LogP contribution < -0.4 is 0 Å². The van der Waals surface area contributed by atoms with Gasteiger partial charge in [-0.25, -0.2) is 9.59 Å². The Labute approximate surface area is 168 Å². The first-order valence-corrected chi connectivity index (χ1v) is 9.63. The van der Waals surface area contributed by atoms with Crippen LogP contribution >= 0.6 is 11.6 Å². The van der Waals surface area contributed by atoms with Crippen LogP contribution in [-0.2, 0) is 11.3 Å². The molecule has 0 saturated carbocycles. The van der Waals surface area contributed by atoms with Crippen LogP contribution in [0.1, 0.15) is 40.7 Å². The fourth-order valence-corrected chi connectivity index (χ4v) is 4.21. The third-order valence-electron chi connectivity index (χ3n) is 5.38. The van der Waals surface area contributed by atoms with Gasteiger partial charge in [0.1, 0.15) is 6.61 Å². The summed E-state index contributed by atoms with van der Waals surface area (Å²) in [6, 6.07) is 14.7. The third-order valence-corrected chi connectivity index (χ3v) is 5.71. The molecule has 1 fully saturated rings. The highest BCUT2D eigenvalue weighted by molar-refractivity contribution is 6.33. The van der Waals surface area contributed by atoms with Crippen molar-refractivity contribution in [2.75, 3.05) is 0 Å². The number of halogens is 1. The van der Waals surface area contributed by atoms with Crippen molar-refractivity contribution in [2.24, 2.45) is 0 Å². The van der Waals surface area contributed by atoms with Crippen LogP contribution in [0.2, 0.25) is 5.02 Å². The third kappa shape index (κ3) is 3.62. The smallest absolute Gasteiger partial charge is 0.410 e. The van der Waals surface area contributed by atoms with Crippen molar-refractivity contribution < 1.29 is 19.4 Å². The molecule has 144 valence electrons. The Bertz CT molecular complexity index is 941. The van der Waals surface area contributed by atoms with Crippen LogP contribution in [0.4, 0.5) is 4.79 Å². The molecule has 2 unspecified atom stereocenters. The molecule has 2 bridgehead atoms. The maximum atomic E-state index is 12.6. The zero-order valence-electron chi connectivity index (χ0n) is 15.2. The molecule has 0 spiro atoms. The molecule has 6 heteroatoms. The Morgan fingerprint density at radius 3 is 2.64 bits per heavy atom. The van der Waals surface area contributed by atoms with Gasteiger partial charge in [0.25, 0.3) is 0 Å². The zero-order chi connectivity index (χ0) is 19.7. The summed E-state index contributed by atoms with van der Waals surface area (Å²) in [6.07, 6.45) is 4.23. The standard InChI is InChI=1S/C22H20ClNO4/c23-20-9-6-15(12-19(20)21(25)26)16-10-17-7-8-18(11-16)24(17)22(27)28-13-14-4-2-1-3-5-14/h1-6,9-10,12,17-18H,7-8,11,13H2,(H,25,26). The summed E-state index contributed by atoms with van der Waals surface area (Å²) in [5.74, 6) is -1.04. The van der Waals surface area contributed by atoms with Gasteiger partial charge in [0.2, 0.25) is 0 Å². The minimum atomic E-state index is -1.04. The summed E-state index contributed by atoms with van der Waals surface area (Å²) in [6.45, 7) is 0.255. The number of benzene rings is 2. The topological polar surface area (TPSA) is 66.8 Å². The molecule has 1 amide bonds. The minimum Gasteiger partial charge on any atom is -0.478 e. The van der Waals surface area contributed by atoms with E-state index in [-0.39, 0.29) is 35.4 Å². The first kappa shape index (κ1) is 18.6. The van der Waals surface area contributed by atoms with Gasteiger partial charge in [0.05, 0.1) is 16.6 Å². The maximum absolute atomic E-state index is 12.6. The lowest BCUT2D eigenvalue weighted by molar-refractivity contribution is 0.0696. The number of aromatic carboxylic acids is 1. The molecule has 0 aromatic heterocycles. The summed E-state index contributed by atoms with van der Waals surface area (Å²) >= 11 is 5.98. The van der Waals surface area contributed by atoms with Crippen molar-refractivity contribution in [3.05, 3.63) is 76.3 Å². The highest BCUT2D eigenvalue weighted by atomic mass is 35.5. The molecule has 0 radical (unpaired) electrons. The van der Waals surface area contributed by atoms with Crippen LogP contribution in [-0.4, -0.2) is 34.2 Å². The van der Waals surface area contributed by atoms with Crippen LogP contribution in [0.3, 0.4) is 0 Å². The number of ether oxygens (including phenoxy) is 1. The first-order chi connectivity index (χ1) is 13.5. The number of carbonyl (C=O) groups is 2. The maximum Gasteiger partial charge on any atom is 0.410 e. The Morgan fingerprint density at radius 1 is 1.14 bits per heavy atom. The van der Waals surface area contributed by atoms with E-state index in [1.807, 2.05) is 41.3 Å². The molecule has 2 atom stereocenters. The van der Waals surface area contributed by atoms with E-state index in [2.05, 4.69) is 6.08 Å². The lowest BCUT2D eigenvalue weighted by atomic mass is 9.94. The molecular formula is C22H20ClNO4. The lowest BCUT2D eigenvalue weighted by Crippen LogP contribution is -2.43. The van der Waals surface area contributed by atoms with Gasteiger partial charge in [-0.1, -0.05) is 54.1 Å². The van der Waals surface area contributed by atoms with Crippen molar-refractivity contribution in [3.8, 4) is 0 Å². The van der Waals surface area contributed by atoms with Gasteiger partial charge in [-0.15, -0.1) is 0 Å². The zero-order valence-corrected chi connectivity index (χ0v) is 15.9. The van der Waals surface area contributed by atoms with Gasteiger partial charge in [0.15, 0.2) is 0 Å². The van der Waals surface area contributed by atoms with Gasteiger partial charge in [-0.05, 0) is 48.1 Å². The van der Waals surface area contributed by atoms with E-state index in [4.69, 9.17) is 16.3 Å². The van der Waals surface area contributed by atoms with Crippen molar-refractivity contribution in [3.63, 3.8) is 0 Å². The number of nitrogens with zero attached hydrogens (tertiary/aromatic N) is 1. The van der Waals surface area contributed by atoms with Gasteiger partial charge in [-0.3, -0.25) is 4.90 Å². The van der Waals surface area contributed by atoms with Gasteiger partial charge in [-0.2, -0.15) is 0 Å². The van der Waals surface area contributed by atoms with E-state index in [0.29, 0.717) is 6.42 Å². The van der Waals surface area contributed by atoms with Crippen molar-refractivity contribution >= 4 is 29.2 Å². The Morgan fingerprint density at radius 2 is 1.93 bits per heavy atom. The summed E-state index contributed by atoms with van der Waals surface area (Å²) < 4.78 is 5.52. The molecule has 2 aromatic rings. The molecule has 28 heavy (non-hydrogen) atoms. The largest absolute Gasteiger partial charge is 0.478 e. The van der Waals surface area contributed by atoms with Crippen LogP contribution in [0.25, 0.3) is 5.57 Å².